The van der Waals surface area contributed by atoms with Crippen molar-refractivity contribution in [3.63, 3.8) is 0 Å². The Hall–Kier alpha value is -2.10. The average Bonchev–Trinajstić information content (AvgIpc) is 3.56. The number of carboxylic acid groups (broad SMARTS) is 1. The maximum Gasteiger partial charge on any atom is 0.364 e. The third-order valence-electron chi connectivity index (χ3n) is 11.7. The Bertz CT molecular complexity index is 1540. The lowest BCUT2D eigenvalue weighted by Crippen LogP contribution is -2.72. The van der Waals surface area contributed by atoms with E-state index >= 15 is 0 Å². The quantitative estimate of drug-likeness (QED) is 0.0606. The minimum absolute atomic E-state index is 0.930. The number of carbonyl (C=O) groups excluding carboxylic acids is 1. The van der Waals surface area contributed by atoms with Gasteiger partial charge in [-0.25, -0.2) is 4.79 Å². The predicted octanol–water partition coefficient (Wildman–Crippen LogP) is -12.6. The van der Waals surface area contributed by atoms with Gasteiger partial charge in [0.15, 0.2) is 25.2 Å². The Balaban J connectivity index is 1.51. The number of ether oxygens (including phenoxy) is 9. The summed E-state index contributed by atoms with van der Waals surface area (Å²) in [6, 6.07) is -1.85. The first kappa shape index (κ1) is 53.8. The molecule has 0 bridgehead atoms. The van der Waals surface area contributed by atoms with E-state index in [4.69, 9.17) is 42.6 Å². The van der Waals surface area contributed by atoms with Crippen LogP contribution in [0, 0.1) is 0 Å². The molecule has 0 aromatic rings. The summed E-state index contributed by atoms with van der Waals surface area (Å²) in [7, 11) is 0. The Kier molecular flexibility index (Phi) is 18.7. The van der Waals surface area contributed by atoms with Gasteiger partial charge in [0.1, 0.15) is 116 Å². The third-order valence-corrected chi connectivity index (χ3v) is 11.7. The molecule has 0 aliphatic carbocycles. The number of carbonyl (C=O) groups is 2. The number of rotatable bonds is 18. The monoisotopic (exact) mass is 957 g/mol. The molecular formula is C35H59NO29. The summed E-state index contributed by atoms with van der Waals surface area (Å²) in [4.78, 5) is 26.1. The van der Waals surface area contributed by atoms with Gasteiger partial charge in [0.25, 0.3) is 5.79 Å². The number of nitrogens with one attached hydrogen (secondary N) is 1. The van der Waals surface area contributed by atoms with E-state index in [0.29, 0.717) is 0 Å². The van der Waals surface area contributed by atoms with Crippen LogP contribution >= 0.6 is 0 Å². The number of hydrogen-bond acceptors (Lipinski definition) is 28. The van der Waals surface area contributed by atoms with Crippen molar-refractivity contribution in [2.75, 3.05) is 33.0 Å². The Morgan fingerprint density at radius 3 is 1.69 bits per heavy atom. The van der Waals surface area contributed by atoms with Gasteiger partial charge in [-0.15, -0.1) is 0 Å². The standard InChI is InChI=1S/C35H59NO29/c1-8(42)36-15-11(58-32-23(52)28(17(46)12(5-39)59-32)63-31-22(51)20(49)25(61-31)10(44)4-38)2-35(34(55)56,64-27(15)16(45)9(43)3-37)65-29-18(47)13(6-40)60-33(24(29)53)62-26-14(7-41)57-30(54)21(50)19(26)48/h9-33,37-41,43-54H,2-7H2,1H3,(H,36,42)(H,55,56)/t9-,10-,11+,12-,13-,14-,15-,16-,17+,18+,19-,20-,21-,22-,23-,24-,25+,26-,27+,28+,29+,30-,31+,32+,33+,35+/m1/s1. The molecule has 1 amide bonds. The molecule has 30 nitrogen and oxygen atoms in total. The fourth-order valence-corrected chi connectivity index (χ4v) is 8.13. The van der Waals surface area contributed by atoms with Crippen molar-refractivity contribution in [3.8, 4) is 0 Å². The molecule has 0 radical (unpaired) electrons. The first-order valence-electron chi connectivity index (χ1n) is 20.2. The lowest BCUT2D eigenvalue weighted by atomic mass is 9.87. The molecular weight excluding hydrogens is 898 g/mol. The van der Waals surface area contributed by atoms with Crippen LogP contribution in [0.5, 0.6) is 0 Å². The highest BCUT2D eigenvalue weighted by molar-refractivity contribution is 5.76. The third kappa shape index (κ3) is 11.2. The minimum atomic E-state index is -3.34. The maximum absolute atomic E-state index is 13.4. The van der Waals surface area contributed by atoms with Crippen LogP contribution in [0.2, 0.25) is 0 Å². The number of amides is 1. The molecule has 378 valence electrons. The summed E-state index contributed by atoms with van der Waals surface area (Å²) in [5.74, 6) is -6.43. The van der Waals surface area contributed by atoms with E-state index < -0.39 is 210 Å². The molecule has 0 spiro atoms. The van der Waals surface area contributed by atoms with E-state index in [1.165, 1.54) is 0 Å². The van der Waals surface area contributed by atoms with Crippen LogP contribution in [0.25, 0.3) is 0 Å². The van der Waals surface area contributed by atoms with Gasteiger partial charge < -0.3 is 140 Å². The Morgan fingerprint density at radius 2 is 1.15 bits per heavy atom. The van der Waals surface area contributed by atoms with Gasteiger partial charge in [-0.1, -0.05) is 0 Å². The van der Waals surface area contributed by atoms with E-state index in [1.54, 1.807) is 0 Å². The zero-order chi connectivity index (χ0) is 48.4. The molecule has 0 unspecified atom stereocenters. The maximum atomic E-state index is 13.4. The van der Waals surface area contributed by atoms with Crippen LogP contribution in [0.15, 0.2) is 0 Å². The number of hydrogen-bond donors (Lipinski definition) is 19. The second-order valence-corrected chi connectivity index (χ2v) is 16.1. The van der Waals surface area contributed by atoms with Crippen LogP contribution in [-0.4, -0.2) is 296 Å². The van der Waals surface area contributed by atoms with Crippen molar-refractivity contribution in [3.05, 3.63) is 0 Å². The van der Waals surface area contributed by atoms with Crippen LogP contribution in [0.3, 0.4) is 0 Å². The van der Waals surface area contributed by atoms with Crippen LogP contribution in [0.4, 0.5) is 0 Å². The number of aliphatic hydroxyl groups excluding tert-OH is 17. The fourth-order valence-electron chi connectivity index (χ4n) is 8.13. The van der Waals surface area contributed by atoms with Crippen molar-refractivity contribution in [1.29, 1.82) is 0 Å². The van der Waals surface area contributed by atoms with Crippen LogP contribution in [-0.2, 0) is 52.2 Å². The second-order valence-electron chi connectivity index (χ2n) is 16.1. The normalized spacial score (nSPS) is 47.5. The second kappa shape index (κ2) is 22.5. The van der Waals surface area contributed by atoms with Crippen molar-refractivity contribution >= 4 is 11.9 Å². The van der Waals surface area contributed by atoms with Crippen LogP contribution in [0.1, 0.15) is 13.3 Å². The zero-order valence-corrected chi connectivity index (χ0v) is 34.2. The van der Waals surface area contributed by atoms with Crippen LogP contribution < -0.4 is 5.32 Å². The summed E-state index contributed by atoms with van der Waals surface area (Å²) < 4.78 is 50.1. The molecule has 5 rings (SSSR count). The van der Waals surface area contributed by atoms with Crippen molar-refractivity contribution < 1.29 is 144 Å². The van der Waals surface area contributed by atoms with Crippen molar-refractivity contribution in [1.82, 2.24) is 5.32 Å². The van der Waals surface area contributed by atoms with E-state index in [1.807, 2.05) is 0 Å². The molecule has 5 fully saturated rings. The zero-order valence-electron chi connectivity index (χ0n) is 34.2. The highest BCUT2D eigenvalue weighted by atomic mass is 16.8. The molecule has 0 aromatic carbocycles. The molecule has 26 atom stereocenters. The highest BCUT2D eigenvalue weighted by Crippen LogP contribution is 2.41. The number of aliphatic hydroxyl groups is 17. The Labute approximate surface area is 366 Å². The van der Waals surface area contributed by atoms with Gasteiger partial charge >= 0.3 is 5.97 Å². The van der Waals surface area contributed by atoms with Gasteiger partial charge in [-0.2, -0.15) is 0 Å². The molecule has 30 heteroatoms. The van der Waals surface area contributed by atoms with E-state index in [9.17, 15) is 102 Å². The summed E-state index contributed by atoms with van der Waals surface area (Å²) >= 11 is 0. The molecule has 5 heterocycles. The molecule has 5 saturated heterocycles. The van der Waals surface area contributed by atoms with Gasteiger partial charge in [0.2, 0.25) is 5.91 Å². The summed E-state index contributed by atoms with van der Waals surface area (Å²) in [6.07, 6.45) is -50.0. The highest BCUT2D eigenvalue weighted by Gasteiger charge is 2.62. The van der Waals surface area contributed by atoms with Gasteiger partial charge in [-0.3, -0.25) is 4.79 Å². The van der Waals surface area contributed by atoms with E-state index in [0.717, 1.165) is 6.92 Å². The molecule has 5 aliphatic heterocycles. The SMILES string of the molecule is CC(=O)N[C@H]1[C@@H]([C@H](O)[C@H](O)CO)O[C@@](O[C@H]2[C@@H](O)[C@@H](CO)O[C@@H](O[C@H]3[C@H](O)[C@@H](O)[C@H](O)O[C@@H]3CO)[C@@H]2O)(C(=O)O)C[C@@H]1O[C@H]1O[C@H](CO)[C@H](O)[C@H](O[C@@H]2O[C@@H]([C@H](O)CO)[C@H](O)[C@H]2O)[C@H]1O. The molecule has 65 heavy (non-hydrogen) atoms. The largest absolute Gasteiger partial charge is 0.477 e. The first-order chi connectivity index (χ1) is 30.6. The van der Waals surface area contributed by atoms with Gasteiger partial charge in [0.05, 0.1) is 45.2 Å². The molecule has 19 N–H and O–H groups in total. The Morgan fingerprint density at radius 1 is 0.615 bits per heavy atom. The lowest BCUT2D eigenvalue weighted by molar-refractivity contribution is -0.392. The van der Waals surface area contributed by atoms with Crippen molar-refractivity contribution in [2.24, 2.45) is 0 Å². The predicted molar refractivity (Wildman–Crippen MR) is 195 cm³/mol. The average molecular weight is 958 g/mol. The molecule has 0 saturated carbocycles. The minimum Gasteiger partial charge on any atom is -0.477 e. The summed E-state index contributed by atoms with van der Waals surface area (Å²) in [5, 5.41) is 191. The fraction of sp³-hybridized carbons (Fsp3) is 0.943. The van der Waals surface area contributed by atoms with Crippen molar-refractivity contribution in [2.45, 2.75) is 172 Å². The van der Waals surface area contributed by atoms with Gasteiger partial charge in [0, 0.05) is 13.3 Å². The lowest BCUT2D eigenvalue weighted by Gasteiger charge is -2.52. The molecule has 5 aliphatic rings. The van der Waals surface area contributed by atoms with Gasteiger partial charge in [-0.05, 0) is 0 Å². The summed E-state index contributed by atoms with van der Waals surface area (Å²) in [6.45, 7) is -4.34. The topological polar surface area (TPSA) is 493 Å². The summed E-state index contributed by atoms with van der Waals surface area (Å²) in [5.41, 5.74) is 0. The first-order valence-corrected chi connectivity index (χ1v) is 20.2. The van der Waals surface area contributed by atoms with E-state index in [2.05, 4.69) is 5.32 Å². The number of carboxylic acids is 1. The smallest absolute Gasteiger partial charge is 0.364 e. The van der Waals surface area contributed by atoms with E-state index in [-0.39, 0.29) is 0 Å². The molecule has 0 aromatic heterocycles. The number of aliphatic carboxylic acids is 1.